The highest BCUT2D eigenvalue weighted by Gasteiger charge is 2.23. The van der Waals surface area contributed by atoms with Crippen LogP contribution in [0, 0.1) is 0 Å². The molecule has 1 fully saturated rings. The number of carbonyl (C=O) groups is 2. The molecule has 0 aromatic carbocycles. The maximum absolute atomic E-state index is 11.4. The molecular weight excluding hydrogens is 210 g/mol. The monoisotopic (exact) mass is 231 g/mol. The van der Waals surface area contributed by atoms with Crippen LogP contribution in [0.1, 0.15) is 33.6 Å². The van der Waals surface area contributed by atoms with Crippen molar-refractivity contribution >= 4 is 12.6 Å². The van der Waals surface area contributed by atoms with Crippen molar-refractivity contribution in [1.82, 2.24) is 4.90 Å². The summed E-state index contributed by atoms with van der Waals surface area (Å²) in [7, 11) is 1.31. The molecule has 1 aliphatic heterocycles. The van der Waals surface area contributed by atoms with Crippen molar-refractivity contribution in [2.45, 2.75) is 39.2 Å². The highest BCUT2D eigenvalue weighted by atomic mass is 16.6. The third kappa shape index (κ3) is 7.09. The molecule has 16 heavy (non-hydrogen) atoms. The Labute approximate surface area is 96.7 Å². The molecular formula is C11H21NO4. The number of hydrogen-bond acceptors (Lipinski definition) is 4. The molecule has 1 saturated heterocycles. The average molecular weight is 231 g/mol. The van der Waals surface area contributed by atoms with Crippen LogP contribution in [0.15, 0.2) is 0 Å². The Morgan fingerprint density at radius 2 is 1.69 bits per heavy atom. The fourth-order valence-electron chi connectivity index (χ4n) is 1.23. The van der Waals surface area contributed by atoms with Crippen LogP contribution in [-0.2, 0) is 14.3 Å². The number of ether oxygens (including phenoxy) is 2. The maximum Gasteiger partial charge on any atom is 0.410 e. The van der Waals surface area contributed by atoms with Gasteiger partial charge in [-0.25, -0.2) is 4.79 Å². The first-order valence-corrected chi connectivity index (χ1v) is 5.35. The normalized spacial score (nSPS) is 14.9. The fraction of sp³-hybridized carbons (Fsp3) is 0.818. The van der Waals surface area contributed by atoms with Gasteiger partial charge in [0.15, 0.2) is 0 Å². The van der Waals surface area contributed by atoms with Crippen molar-refractivity contribution in [3.8, 4) is 0 Å². The third-order valence-corrected chi connectivity index (χ3v) is 1.85. The Bertz CT molecular complexity index is 217. The van der Waals surface area contributed by atoms with E-state index < -0.39 is 0 Å². The number of methoxy groups -OCH3 is 1. The predicted octanol–water partition coefficient (Wildman–Crippen LogP) is 1.81. The minimum Gasteiger partial charge on any atom is -0.471 e. The molecule has 0 aromatic rings. The Morgan fingerprint density at radius 1 is 1.25 bits per heavy atom. The Hall–Kier alpha value is -1.26. The Balaban J connectivity index is 0.000000487. The van der Waals surface area contributed by atoms with Crippen LogP contribution in [-0.4, -0.2) is 43.3 Å². The predicted molar refractivity (Wildman–Crippen MR) is 60.1 cm³/mol. The summed E-state index contributed by atoms with van der Waals surface area (Å²) >= 11 is 0. The average Bonchev–Trinajstić information content (AvgIpc) is 2.68. The second-order valence-electron chi connectivity index (χ2n) is 4.51. The van der Waals surface area contributed by atoms with Crippen LogP contribution in [0.4, 0.5) is 4.79 Å². The molecule has 0 saturated carbocycles. The number of carbonyl (C=O) groups excluding carboxylic acids is 2. The van der Waals surface area contributed by atoms with Crippen molar-refractivity contribution < 1.29 is 19.1 Å². The number of rotatable bonds is 1. The van der Waals surface area contributed by atoms with E-state index in [-0.39, 0.29) is 11.7 Å². The van der Waals surface area contributed by atoms with Gasteiger partial charge in [0.1, 0.15) is 5.60 Å². The lowest BCUT2D eigenvalue weighted by Crippen LogP contribution is -2.34. The summed E-state index contributed by atoms with van der Waals surface area (Å²) in [5.41, 5.74) is -0.361. The third-order valence-electron chi connectivity index (χ3n) is 1.85. The summed E-state index contributed by atoms with van der Waals surface area (Å²) in [5.74, 6) is 0. The van der Waals surface area contributed by atoms with Gasteiger partial charge in [-0.2, -0.15) is 0 Å². The van der Waals surface area contributed by atoms with E-state index in [0.717, 1.165) is 25.9 Å². The van der Waals surface area contributed by atoms with Gasteiger partial charge >= 0.3 is 6.09 Å². The lowest BCUT2D eigenvalue weighted by molar-refractivity contribution is -0.126. The van der Waals surface area contributed by atoms with Crippen LogP contribution >= 0.6 is 0 Å². The molecule has 94 valence electrons. The first-order chi connectivity index (χ1) is 7.40. The van der Waals surface area contributed by atoms with Crippen molar-refractivity contribution in [2.75, 3.05) is 20.2 Å². The summed E-state index contributed by atoms with van der Waals surface area (Å²) in [6, 6.07) is 0. The summed E-state index contributed by atoms with van der Waals surface area (Å²) < 4.78 is 9.07. The largest absolute Gasteiger partial charge is 0.471 e. The molecule has 1 rings (SSSR count). The topological polar surface area (TPSA) is 55.8 Å². The second-order valence-corrected chi connectivity index (χ2v) is 4.51. The number of amides is 1. The summed E-state index contributed by atoms with van der Waals surface area (Å²) in [5, 5.41) is 0. The smallest absolute Gasteiger partial charge is 0.410 e. The summed E-state index contributed by atoms with van der Waals surface area (Å²) in [6.07, 6.45) is 2.05. The highest BCUT2D eigenvalue weighted by Crippen LogP contribution is 2.14. The van der Waals surface area contributed by atoms with E-state index >= 15 is 0 Å². The molecule has 0 aromatic heterocycles. The van der Waals surface area contributed by atoms with Crippen LogP contribution in [0.3, 0.4) is 0 Å². The molecule has 1 aliphatic rings. The zero-order valence-corrected chi connectivity index (χ0v) is 10.5. The molecule has 0 bridgehead atoms. The van der Waals surface area contributed by atoms with E-state index in [0.29, 0.717) is 6.47 Å². The van der Waals surface area contributed by atoms with Crippen LogP contribution in [0.5, 0.6) is 0 Å². The van der Waals surface area contributed by atoms with Gasteiger partial charge in [-0.3, -0.25) is 4.79 Å². The van der Waals surface area contributed by atoms with Gasteiger partial charge in [-0.1, -0.05) is 0 Å². The molecule has 5 nitrogen and oxygen atoms in total. The minimum atomic E-state index is -0.361. The minimum absolute atomic E-state index is 0.167. The van der Waals surface area contributed by atoms with E-state index in [4.69, 9.17) is 9.53 Å². The number of nitrogens with zero attached hydrogens (tertiary/aromatic N) is 1. The van der Waals surface area contributed by atoms with Gasteiger partial charge < -0.3 is 14.4 Å². The molecule has 0 spiro atoms. The Morgan fingerprint density at radius 3 is 2.00 bits per heavy atom. The van der Waals surface area contributed by atoms with Gasteiger partial charge in [0.25, 0.3) is 6.47 Å². The fourth-order valence-corrected chi connectivity index (χ4v) is 1.23. The van der Waals surface area contributed by atoms with Gasteiger partial charge in [0.05, 0.1) is 7.11 Å². The lowest BCUT2D eigenvalue weighted by Gasteiger charge is -2.23. The van der Waals surface area contributed by atoms with Crippen LogP contribution < -0.4 is 0 Å². The standard InChI is InChI=1S/C9H17NO2.C2H4O2/c1-9(2,3)12-8(11)10-6-4-5-7-10;1-4-2-3/h4-7H2,1-3H3;2H,1H3. The quantitative estimate of drug-likeness (QED) is 0.646. The van der Waals surface area contributed by atoms with Crippen molar-refractivity contribution in [1.29, 1.82) is 0 Å². The van der Waals surface area contributed by atoms with Gasteiger partial charge in [-0.05, 0) is 33.6 Å². The maximum atomic E-state index is 11.4. The van der Waals surface area contributed by atoms with Gasteiger partial charge in [0, 0.05) is 13.1 Å². The summed E-state index contributed by atoms with van der Waals surface area (Å²) in [6.45, 7) is 7.76. The number of likely N-dealkylation sites (tertiary alicyclic amines) is 1. The summed E-state index contributed by atoms with van der Waals surface area (Å²) in [4.78, 5) is 22.1. The molecule has 1 amide bonds. The van der Waals surface area contributed by atoms with Gasteiger partial charge in [-0.15, -0.1) is 0 Å². The lowest BCUT2D eigenvalue weighted by atomic mass is 10.2. The zero-order chi connectivity index (χ0) is 12.6. The van der Waals surface area contributed by atoms with Crippen molar-refractivity contribution in [2.24, 2.45) is 0 Å². The molecule has 1 heterocycles. The Kier molecular flexibility index (Phi) is 6.53. The molecule has 5 heteroatoms. The van der Waals surface area contributed by atoms with E-state index in [1.807, 2.05) is 20.8 Å². The molecule has 0 atom stereocenters. The van der Waals surface area contributed by atoms with Crippen LogP contribution in [0.25, 0.3) is 0 Å². The van der Waals surface area contributed by atoms with E-state index in [9.17, 15) is 4.79 Å². The molecule has 0 aliphatic carbocycles. The zero-order valence-electron chi connectivity index (χ0n) is 10.5. The van der Waals surface area contributed by atoms with E-state index in [1.165, 1.54) is 7.11 Å². The second kappa shape index (κ2) is 7.09. The molecule has 0 unspecified atom stereocenters. The van der Waals surface area contributed by atoms with Crippen molar-refractivity contribution in [3.63, 3.8) is 0 Å². The number of hydrogen-bond donors (Lipinski definition) is 0. The first kappa shape index (κ1) is 14.7. The van der Waals surface area contributed by atoms with Crippen LogP contribution in [0.2, 0.25) is 0 Å². The van der Waals surface area contributed by atoms with E-state index in [1.54, 1.807) is 4.90 Å². The van der Waals surface area contributed by atoms with Crippen molar-refractivity contribution in [3.05, 3.63) is 0 Å². The SMILES string of the molecule is CC(C)(C)OC(=O)N1CCCC1.COC=O. The first-order valence-electron chi connectivity index (χ1n) is 5.35. The molecule has 0 N–H and O–H groups in total. The highest BCUT2D eigenvalue weighted by molar-refractivity contribution is 5.68. The van der Waals surface area contributed by atoms with Gasteiger partial charge in [0.2, 0.25) is 0 Å². The molecule has 0 radical (unpaired) electrons. The van der Waals surface area contributed by atoms with E-state index in [2.05, 4.69) is 4.74 Å².